The summed E-state index contributed by atoms with van der Waals surface area (Å²) in [5.41, 5.74) is 5.10. The smallest absolute Gasteiger partial charge is 0.300 e. The van der Waals surface area contributed by atoms with Crippen molar-refractivity contribution in [2.75, 3.05) is 4.90 Å². The van der Waals surface area contributed by atoms with Crippen molar-refractivity contribution in [3.8, 4) is 5.75 Å². The summed E-state index contributed by atoms with van der Waals surface area (Å²) in [6, 6.07) is 16.8. The van der Waals surface area contributed by atoms with Gasteiger partial charge in [-0.1, -0.05) is 48.9 Å². The van der Waals surface area contributed by atoms with Crippen LogP contribution in [0.15, 0.2) is 66.2 Å². The summed E-state index contributed by atoms with van der Waals surface area (Å²) < 4.78 is 0. The Kier molecular flexibility index (Phi) is 6.12. The normalized spacial score (nSPS) is 19.1. The van der Waals surface area contributed by atoms with Gasteiger partial charge in [0.1, 0.15) is 11.5 Å². The molecule has 0 saturated carbocycles. The number of aromatic hydroxyl groups is 1. The molecule has 3 aromatic rings. The second-order valence-electron chi connectivity index (χ2n) is 9.09. The molecule has 0 aromatic heterocycles. The lowest BCUT2D eigenvalue weighted by Gasteiger charge is -2.26. The van der Waals surface area contributed by atoms with E-state index in [2.05, 4.69) is 0 Å². The molecule has 1 aliphatic carbocycles. The van der Waals surface area contributed by atoms with Crippen LogP contribution >= 0.6 is 11.6 Å². The van der Waals surface area contributed by atoms with E-state index >= 15 is 0 Å². The van der Waals surface area contributed by atoms with Crippen LogP contribution in [0.5, 0.6) is 5.75 Å². The molecule has 0 bridgehead atoms. The van der Waals surface area contributed by atoms with Crippen molar-refractivity contribution < 1.29 is 19.8 Å². The number of carbonyl (C=O) groups is 2. The molecule has 1 atom stereocenters. The number of phenols is 1. The molecular formula is C29H26ClNO4. The Balaban J connectivity index is 1.69. The van der Waals surface area contributed by atoms with Crippen LogP contribution in [0.4, 0.5) is 5.69 Å². The standard InChI is InChI=1S/C29H26ClNO4/c1-2-17-7-12-22(13-8-17)31-26(20-11-14-24(32)23(30)16-20)25(28(34)29(31)35)27(33)21-10-9-18-5-3-4-6-19(18)15-21/h7-16,26,32-33H,2-6H2,1H3/b27-25-. The van der Waals surface area contributed by atoms with Crippen molar-refractivity contribution in [2.24, 2.45) is 0 Å². The predicted molar refractivity (Wildman–Crippen MR) is 137 cm³/mol. The fraction of sp³-hybridized carbons (Fsp3) is 0.241. The largest absolute Gasteiger partial charge is 0.507 e. The van der Waals surface area contributed by atoms with E-state index in [9.17, 15) is 19.8 Å². The summed E-state index contributed by atoms with van der Waals surface area (Å²) in [5.74, 6) is -1.79. The summed E-state index contributed by atoms with van der Waals surface area (Å²) in [5, 5.41) is 21.5. The molecule has 1 fully saturated rings. The number of ketones is 1. The van der Waals surface area contributed by atoms with Gasteiger partial charge in [-0.25, -0.2) is 0 Å². The van der Waals surface area contributed by atoms with E-state index in [0.717, 1.165) is 43.2 Å². The molecule has 0 radical (unpaired) electrons. The fourth-order valence-corrected chi connectivity index (χ4v) is 5.22. The Morgan fingerprint density at radius 2 is 1.69 bits per heavy atom. The minimum absolute atomic E-state index is 0.00656. The van der Waals surface area contributed by atoms with Crippen molar-refractivity contribution in [2.45, 2.75) is 45.1 Å². The minimum Gasteiger partial charge on any atom is -0.507 e. The predicted octanol–water partition coefficient (Wildman–Crippen LogP) is 6.11. The zero-order chi connectivity index (χ0) is 24.7. The first-order valence-corrected chi connectivity index (χ1v) is 12.3. The van der Waals surface area contributed by atoms with E-state index in [1.807, 2.05) is 37.3 Å². The van der Waals surface area contributed by atoms with Crippen LogP contribution in [0.3, 0.4) is 0 Å². The SMILES string of the molecule is CCc1ccc(N2C(=O)C(=O)/C(=C(\O)c3ccc4c(c3)CCCC4)C2c2ccc(O)c(Cl)c2)cc1. The van der Waals surface area contributed by atoms with E-state index in [0.29, 0.717) is 16.8 Å². The number of amides is 1. The van der Waals surface area contributed by atoms with Crippen molar-refractivity contribution in [1.82, 2.24) is 0 Å². The van der Waals surface area contributed by atoms with Gasteiger partial charge in [0.05, 0.1) is 16.6 Å². The molecule has 0 spiro atoms. The average Bonchev–Trinajstić information content (AvgIpc) is 3.15. The zero-order valence-corrected chi connectivity index (χ0v) is 20.2. The first-order chi connectivity index (χ1) is 16.9. The number of phenolic OH excluding ortho intramolecular Hbond substituents is 1. The van der Waals surface area contributed by atoms with Gasteiger partial charge in [-0.3, -0.25) is 14.5 Å². The van der Waals surface area contributed by atoms with Crippen LogP contribution < -0.4 is 4.90 Å². The molecule has 1 saturated heterocycles. The highest BCUT2D eigenvalue weighted by Gasteiger charge is 2.47. The van der Waals surface area contributed by atoms with Crippen LogP contribution in [0.2, 0.25) is 5.02 Å². The Morgan fingerprint density at radius 1 is 0.971 bits per heavy atom. The Bertz CT molecular complexity index is 1360. The maximum atomic E-state index is 13.4. The number of benzene rings is 3. The summed E-state index contributed by atoms with van der Waals surface area (Å²) in [6.45, 7) is 2.04. The number of aryl methyl sites for hydroxylation is 3. The van der Waals surface area contributed by atoms with Gasteiger partial charge in [-0.05, 0) is 84.7 Å². The van der Waals surface area contributed by atoms with Gasteiger partial charge in [0, 0.05) is 11.3 Å². The monoisotopic (exact) mass is 487 g/mol. The van der Waals surface area contributed by atoms with Crippen molar-refractivity contribution in [3.05, 3.63) is 99.1 Å². The number of Topliss-reactive ketones (excluding diaryl/α,β-unsaturated/α-hetero) is 1. The third kappa shape index (κ3) is 4.10. The Morgan fingerprint density at radius 3 is 2.37 bits per heavy atom. The number of hydrogen-bond acceptors (Lipinski definition) is 4. The number of aliphatic hydroxyl groups is 1. The van der Waals surface area contributed by atoms with Crippen molar-refractivity contribution >= 4 is 34.7 Å². The van der Waals surface area contributed by atoms with E-state index in [1.54, 1.807) is 18.2 Å². The second-order valence-corrected chi connectivity index (χ2v) is 9.50. The zero-order valence-electron chi connectivity index (χ0n) is 19.4. The molecule has 5 nitrogen and oxygen atoms in total. The van der Waals surface area contributed by atoms with Crippen LogP contribution in [0.25, 0.3) is 5.76 Å². The van der Waals surface area contributed by atoms with E-state index in [4.69, 9.17) is 11.6 Å². The first-order valence-electron chi connectivity index (χ1n) is 11.9. The minimum atomic E-state index is -0.892. The summed E-state index contributed by atoms with van der Waals surface area (Å²) in [7, 11) is 0. The lowest BCUT2D eigenvalue weighted by molar-refractivity contribution is -0.132. The number of nitrogens with zero attached hydrogens (tertiary/aromatic N) is 1. The molecule has 178 valence electrons. The molecule has 6 heteroatoms. The topological polar surface area (TPSA) is 77.8 Å². The molecule has 1 aliphatic heterocycles. The maximum absolute atomic E-state index is 13.4. The molecule has 1 unspecified atom stereocenters. The third-order valence-corrected chi connectivity index (χ3v) is 7.28. The van der Waals surface area contributed by atoms with Gasteiger partial charge in [-0.15, -0.1) is 0 Å². The quantitative estimate of drug-likeness (QED) is 0.264. The number of halogens is 1. The number of hydrogen-bond donors (Lipinski definition) is 2. The fourth-order valence-electron chi connectivity index (χ4n) is 5.04. The van der Waals surface area contributed by atoms with Crippen molar-refractivity contribution in [3.63, 3.8) is 0 Å². The summed E-state index contributed by atoms with van der Waals surface area (Å²) in [6.07, 6.45) is 4.99. The van der Waals surface area contributed by atoms with E-state index in [-0.39, 0.29) is 22.1 Å². The average molecular weight is 488 g/mol. The summed E-state index contributed by atoms with van der Waals surface area (Å²) >= 11 is 6.21. The van der Waals surface area contributed by atoms with Gasteiger partial charge >= 0.3 is 0 Å². The van der Waals surface area contributed by atoms with Gasteiger partial charge in [0.25, 0.3) is 11.7 Å². The molecule has 2 aliphatic rings. The van der Waals surface area contributed by atoms with Crippen molar-refractivity contribution in [1.29, 1.82) is 0 Å². The highest BCUT2D eigenvalue weighted by molar-refractivity contribution is 6.51. The molecule has 2 N–H and O–H groups in total. The second kappa shape index (κ2) is 9.23. The number of fused-ring (bicyclic) bond motifs is 1. The van der Waals surface area contributed by atoms with E-state index in [1.165, 1.54) is 22.6 Å². The number of aliphatic hydroxyl groups excluding tert-OH is 1. The molecular weight excluding hydrogens is 462 g/mol. The van der Waals surface area contributed by atoms with Crippen LogP contribution in [0.1, 0.15) is 53.6 Å². The molecule has 1 amide bonds. The van der Waals surface area contributed by atoms with Gasteiger partial charge in [0.15, 0.2) is 0 Å². The lowest BCUT2D eigenvalue weighted by Crippen LogP contribution is -2.29. The number of anilines is 1. The van der Waals surface area contributed by atoms with Crippen LogP contribution in [0, 0.1) is 0 Å². The van der Waals surface area contributed by atoms with Crippen LogP contribution in [-0.2, 0) is 28.9 Å². The number of carbonyl (C=O) groups excluding carboxylic acids is 2. The third-order valence-electron chi connectivity index (χ3n) is 6.98. The molecule has 3 aromatic carbocycles. The lowest BCUT2D eigenvalue weighted by atomic mass is 9.88. The van der Waals surface area contributed by atoms with Crippen LogP contribution in [-0.4, -0.2) is 21.9 Å². The summed E-state index contributed by atoms with van der Waals surface area (Å²) in [4.78, 5) is 28.1. The molecule has 5 rings (SSSR count). The van der Waals surface area contributed by atoms with Gasteiger partial charge in [0.2, 0.25) is 0 Å². The van der Waals surface area contributed by atoms with Gasteiger partial charge in [-0.2, -0.15) is 0 Å². The molecule has 35 heavy (non-hydrogen) atoms. The first kappa shape index (κ1) is 23.2. The maximum Gasteiger partial charge on any atom is 0.300 e. The Hall–Kier alpha value is -3.57. The van der Waals surface area contributed by atoms with Gasteiger partial charge < -0.3 is 10.2 Å². The molecule has 1 heterocycles. The highest BCUT2D eigenvalue weighted by atomic mass is 35.5. The Labute approximate surface area is 209 Å². The number of rotatable bonds is 4. The highest BCUT2D eigenvalue weighted by Crippen LogP contribution is 2.43. The van der Waals surface area contributed by atoms with E-state index < -0.39 is 17.7 Å².